The Balaban J connectivity index is 0.00000300. The van der Waals surface area contributed by atoms with Gasteiger partial charge in [-0.1, -0.05) is 37.3 Å². The lowest BCUT2D eigenvalue weighted by molar-refractivity contribution is 0.198. The van der Waals surface area contributed by atoms with Crippen molar-refractivity contribution in [3.8, 4) is 0 Å². The molecule has 1 aliphatic rings. The van der Waals surface area contributed by atoms with Crippen LogP contribution in [0.3, 0.4) is 0 Å². The van der Waals surface area contributed by atoms with E-state index in [1.807, 2.05) is 18.4 Å². The number of likely N-dealkylation sites (tertiary alicyclic amines) is 1. The van der Waals surface area contributed by atoms with Gasteiger partial charge in [0.05, 0.1) is 10.7 Å². The predicted octanol–water partition coefficient (Wildman–Crippen LogP) is 4.00. The third-order valence-corrected chi connectivity index (χ3v) is 6.38. The highest BCUT2D eigenvalue weighted by Crippen LogP contribution is 2.18. The smallest absolute Gasteiger partial charge is 0.191 e. The van der Waals surface area contributed by atoms with Gasteiger partial charge in [0.2, 0.25) is 0 Å². The zero-order chi connectivity index (χ0) is 19.8. The summed E-state index contributed by atoms with van der Waals surface area (Å²) in [5.41, 5.74) is 2.64. The molecule has 2 N–H and O–H groups in total. The predicted molar refractivity (Wildman–Crippen MR) is 135 cm³/mol. The second-order valence-electron chi connectivity index (χ2n) is 7.39. The van der Waals surface area contributed by atoms with Gasteiger partial charge in [-0.15, -0.1) is 35.3 Å². The van der Waals surface area contributed by atoms with Crippen LogP contribution in [0.5, 0.6) is 0 Å². The number of rotatable bonds is 7. The molecule has 1 saturated heterocycles. The minimum Gasteiger partial charge on any atom is -0.356 e. The average Bonchev–Trinajstić information content (AvgIpc) is 3.09. The molecular formula is C22H34IN5S. The van der Waals surface area contributed by atoms with Crippen molar-refractivity contribution < 1.29 is 0 Å². The zero-order valence-corrected chi connectivity index (χ0v) is 20.9. The quantitative estimate of drug-likeness (QED) is 0.325. The molecule has 5 nitrogen and oxygen atoms in total. The van der Waals surface area contributed by atoms with Gasteiger partial charge in [-0.2, -0.15) is 0 Å². The number of halogens is 1. The summed E-state index contributed by atoms with van der Waals surface area (Å²) in [7, 11) is 1.85. The molecule has 1 aromatic carbocycles. The molecule has 3 rings (SSSR count). The van der Waals surface area contributed by atoms with E-state index in [-0.39, 0.29) is 24.0 Å². The third kappa shape index (κ3) is 7.53. The van der Waals surface area contributed by atoms with Crippen LogP contribution in [0.1, 0.15) is 40.9 Å². The van der Waals surface area contributed by atoms with E-state index in [4.69, 9.17) is 4.98 Å². The molecule has 0 amide bonds. The first-order valence-corrected chi connectivity index (χ1v) is 11.2. The highest BCUT2D eigenvalue weighted by atomic mass is 127. The molecule has 0 aliphatic carbocycles. The van der Waals surface area contributed by atoms with Crippen molar-refractivity contribution in [1.29, 1.82) is 0 Å². The molecule has 1 fully saturated rings. The normalized spacial score (nSPS) is 15.8. The van der Waals surface area contributed by atoms with Gasteiger partial charge in [-0.3, -0.25) is 9.89 Å². The number of guanidine groups is 1. The molecule has 0 bridgehead atoms. The van der Waals surface area contributed by atoms with Gasteiger partial charge in [-0.05, 0) is 31.7 Å². The maximum absolute atomic E-state index is 4.72. The van der Waals surface area contributed by atoms with Crippen LogP contribution in [0, 0.1) is 6.92 Å². The van der Waals surface area contributed by atoms with Crippen LogP contribution in [0.4, 0.5) is 0 Å². The summed E-state index contributed by atoms with van der Waals surface area (Å²) in [5, 5.41) is 8.27. The first-order valence-electron chi connectivity index (χ1n) is 10.4. The number of nitrogens with zero attached hydrogens (tertiary/aromatic N) is 3. The molecule has 29 heavy (non-hydrogen) atoms. The Hall–Kier alpha value is -1.19. The van der Waals surface area contributed by atoms with Crippen LogP contribution < -0.4 is 10.6 Å². The SMILES string of the molecule is CCc1nc(CCNC(=NC)NC2CCN(Cc3ccccc3)CC2)sc1C.I. The lowest BCUT2D eigenvalue weighted by Gasteiger charge is -2.33. The highest BCUT2D eigenvalue weighted by molar-refractivity contribution is 14.0. The second kappa shape index (κ2) is 12.5. The number of benzene rings is 1. The Morgan fingerprint density at radius 3 is 2.59 bits per heavy atom. The number of aryl methyl sites for hydroxylation is 2. The minimum atomic E-state index is 0. The summed E-state index contributed by atoms with van der Waals surface area (Å²) in [5.74, 6) is 0.908. The topological polar surface area (TPSA) is 52.6 Å². The lowest BCUT2D eigenvalue weighted by atomic mass is 10.0. The van der Waals surface area contributed by atoms with E-state index in [9.17, 15) is 0 Å². The maximum atomic E-state index is 4.72. The van der Waals surface area contributed by atoms with Gasteiger partial charge in [0.1, 0.15) is 0 Å². The Morgan fingerprint density at radius 1 is 1.24 bits per heavy atom. The fourth-order valence-corrected chi connectivity index (χ4v) is 4.70. The van der Waals surface area contributed by atoms with Crippen LogP contribution in [0.25, 0.3) is 0 Å². The van der Waals surface area contributed by atoms with Gasteiger partial charge in [0.25, 0.3) is 0 Å². The molecule has 1 aromatic heterocycles. The van der Waals surface area contributed by atoms with Gasteiger partial charge in [0, 0.05) is 50.6 Å². The van der Waals surface area contributed by atoms with E-state index in [1.165, 1.54) is 21.1 Å². The van der Waals surface area contributed by atoms with Crippen LogP contribution in [-0.2, 0) is 19.4 Å². The second-order valence-corrected chi connectivity index (χ2v) is 8.68. The van der Waals surface area contributed by atoms with Crippen LogP contribution in [-0.4, -0.2) is 48.6 Å². The first-order chi connectivity index (χ1) is 13.7. The van der Waals surface area contributed by atoms with E-state index in [0.29, 0.717) is 6.04 Å². The number of hydrogen-bond acceptors (Lipinski definition) is 4. The van der Waals surface area contributed by atoms with E-state index in [1.54, 1.807) is 0 Å². The van der Waals surface area contributed by atoms with E-state index in [0.717, 1.165) is 57.8 Å². The average molecular weight is 528 g/mol. The summed E-state index contributed by atoms with van der Waals surface area (Å²) in [6.45, 7) is 8.50. The highest BCUT2D eigenvalue weighted by Gasteiger charge is 2.20. The zero-order valence-electron chi connectivity index (χ0n) is 17.8. The molecule has 2 aromatic rings. The fraction of sp³-hybridized carbons (Fsp3) is 0.545. The number of aromatic nitrogens is 1. The number of thiazole rings is 1. The molecule has 0 atom stereocenters. The van der Waals surface area contributed by atoms with Crippen molar-refractivity contribution in [2.45, 2.75) is 52.1 Å². The molecule has 1 aliphatic heterocycles. The summed E-state index contributed by atoms with van der Waals surface area (Å²) >= 11 is 1.82. The Labute approximate surface area is 196 Å². The fourth-order valence-electron chi connectivity index (χ4n) is 3.68. The number of hydrogen-bond donors (Lipinski definition) is 2. The number of nitrogens with one attached hydrogen (secondary N) is 2. The van der Waals surface area contributed by atoms with Crippen molar-refractivity contribution in [3.63, 3.8) is 0 Å². The van der Waals surface area contributed by atoms with Gasteiger partial charge in [-0.25, -0.2) is 4.98 Å². The van der Waals surface area contributed by atoms with Crippen LogP contribution >= 0.6 is 35.3 Å². The Kier molecular flexibility index (Phi) is 10.4. The van der Waals surface area contributed by atoms with Gasteiger partial charge in [0.15, 0.2) is 5.96 Å². The summed E-state index contributed by atoms with van der Waals surface area (Å²) in [6, 6.07) is 11.2. The molecule has 0 radical (unpaired) electrons. The van der Waals surface area contributed by atoms with E-state index in [2.05, 4.69) is 64.7 Å². The maximum Gasteiger partial charge on any atom is 0.191 e. The standard InChI is InChI=1S/C22H33N5S.HI/c1-4-20-17(2)28-21(26-20)10-13-24-22(23-3)25-19-11-14-27(15-12-19)16-18-8-6-5-7-9-18;/h5-9,19H,4,10-16H2,1-3H3,(H2,23,24,25);1H. The molecule has 0 saturated carbocycles. The largest absolute Gasteiger partial charge is 0.356 e. The molecular weight excluding hydrogens is 493 g/mol. The Bertz CT molecular complexity index is 754. The van der Waals surface area contributed by atoms with E-state index < -0.39 is 0 Å². The van der Waals surface area contributed by atoms with E-state index >= 15 is 0 Å². The van der Waals surface area contributed by atoms with Crippen LogP contribution in [0.15, 0.2) is 35.3 Å². The van der Waals surface area contributed by atoms with Crippen molar-refractivity contribution in [3.05, 3.63) is 51.5 Å². The lowest BCUT2D eigenvalue weighted by Crippen LogP contribution is -2.48. The van der Waals surface area contributed by atoms with Crippen LogP contribution in [0.2, 0.25) is 0 Å². The van der Waals surface area contributed by atoms with Gasteiger partial charge >= 0.3 is 0 Å². The molecule has 160 valence electrons. The first kappa shape index (κ1) is 24.1. The van der Waals surface area contributed by atoms with Gasteiger partial charge < -0.3 is 10.6 Å². The monoisotopic (exact) mass is 527 g/mol. The number of piperidine rings is 1. The summed E-state index contributed by atoms with van der Waals surface area (Å²) in [4.78, 5) is 13.0. The Morgan fingerprint density at radius 2 is 1.97 bits per heavy atom. The minimum absolute atomic E-state index is 0. The van der Waals surface area contributed by atoms with Crippen molar-refractivity contribution in [1.82, 2.24) is 20.5 Å². The molecule has 0 spiro atoms. The summed E-state index contributed by atoms with van der Waals surface area (Å²) < 4.78 is 0. The molecule has 0 unspecified atom stereocenters. The van der Waals surface area contributed by atoms with Crippen molar-refractivity contribution in [2.24, 2.45) is 4.99 Å². The molecule has 2 heterocycles. The molecule has 7 heteroatoms. The summed E-state index contributed by atoms with van der Waals surface area (Å²) in [6.07, 6.45) is 4.27. The number of aliphatic imine (C=N–C) groups is 1. The third-order valence-electron chi connectivity index (χ3n) is 5.30. The van der Waals surface area contributed by atoms with Crippen molar-refractivity contribution >= 4 is 41.3 Å². The van der Waals surface area contributed by atoms with Crippen molar-refractivity contribution in [2.75, 3.05) is 26.7 Å².